The van der Waals surface area contributed by atoms with Crippen LogP contribution in [-0.2, 0) is 0 Å². The van der Waals surface area contributed by atoms with Gasteiger partial charge in [-0.3, -0.25) is 0 Å². The molecule has 4 rings (SSSR count). The zero-order valence-electron chi connectivity index (χ0n) is 17.3. The Balaban J connectivity index is 1.90. The first-order chi connectivity index (χ1) is 15.0. The summed E-state index contributed by atoms with van der Waals surface area (Å²) in [6, 6.07) is 21.2. The first kappa shape index (κ1) is 21.2. The van der Waals surface area contributed by atoms with Crippen molar-refractivity contribution in [3.05, 3.63) is 76.8 Å². The van der Waals surface area contributed by atoms with E-state index in [4.69, 9.17) is 37.4 Å². The average Bonchev–Trinajstić information content (AvgIpc) is 3.23. The highest BCUT2D eigenvalue weighted by atomic mass is 35.5. The van der Waals surface area contributed by atoms with Crippen LogP contribution in [0.2, 0.25) is 10.0 Å². The van der Waals surface area contributed by atoms with Crippen molar-refractivity contribution in [1.29, 1.82) is 0 Å². The van der Waals surface area contributed by atoms with Crippen LogP contribution >= 0.6 is 23.2 Å². The van der Waals surface area contributed by atoms with E-state index in [0.717, 1.165) is 39.4 Å². The predicted octanol–water partition coefficient (Wildman–Crippen LogP) is 7.35. The summed E-state index contributed by atoms with van der Waals surface area (Å²) >= 11 is 13.2. The summed E-state index contributed by atoms with van der Waals surface area (Å²) in [5.41, 5.74) is 5.52. The highest BCUT2D eigenvalue weighted by Crippen LogP contribution is 2.41. The fourth-order valence-corrected chi connectivity index (χ4v) is 4.01. The maximum atomic E-state index is 6.61. The Kier molecular flexibility index (Phi) is 6.12. The Labute approximate surface area is 191 Å². The number of rotatable bonds is 6. The Morgan fingerprint density at radius 2 is 1.10 bits per heavy atom. The summed E-state index contributed by atoms with van der Waals surface area (Å²) < 4.78 is 15.9. The second-order valence-electron chi connectivity index (χ2n) is 6.89. The average molecular weight is 454 g/mol. The lowest BCUT2D eigenvalue weighted by Gasteiger charge is -2.09. The fourth-order valence-electron chi connectivity index (χ4n) is 3.48. The molecule has 0 fully saturated rings. The minimum absolute atomic E-state index is 0.586. The number of nitrogens with one attached hydrogen (secondary N) is 1. The molecule has 0 amide bonds. The van der Waals surface area contributed by atoms with Gasteiger partial charge in [-0.15, -0.1) is 0 Å². The van der Waals surface area contributed by atoms with Crippen LogP contribution in [0.3, 0.4) is 0 Å². The van der Waals surface area contributed by atoms with Crippen molar-refractivity contribution in [2.24, 2.45) is 0 Å². The molecular formula is C25H21Cl2NO3. The number of H-pyrrole nitrogens is 1. The van der Waals surface area contributed by atoms with Gasteiger partial charge in [-0.25, -0.2) is 0 Å². The molecular weight excluding hydrogens is 433 g/mol. The lowest BCUT2D eigenvalue weighted by Crippen LogP contribution is -1.88. The monoisotopic (exact) mass is 453 g/mol. The first-order valence-electron chi connectivity index (χ1n) is 9.59. The van der Waals surface area contributed by atoms with E-state index >= 15 is 0 Å². The Morgan fingerprint density at radius 3 is 1.61 bits per heavy atom. The van der Waals surface area contributed by atoms with Crippen molar-refractivity contribution in [2.75, 3.05) is 21.3 Å². The Bertz CT molecular complexity index is 1220. The summed E-state index contributed by atoms with van der Waals surface area (Å²) in [5, 5.41) is 1.18. The molecule has 31 heavy (non-hydrogen) atoms. The van der Waals surface area contributed by atoms with Crippen molar-refractivity contribution in [2.45, 2.75) is 0 Å². The van der Waals surface area contributed by atoms with Crippen LogP contribution in [0.1, 0.15) is 0 Å². The SMILES string of the molecule is COc1ccc(-c2cc(-c3ccc(OC)cc3Cl)[nH]c2-c2ccc(OC)cc2Cl)cc1. The molecule has 6 heteroatoms. The number of aromatic amines is 1. The first-order valence-corrected chi connectivity index (χ1v) is 10.3. The van der Waals surface area contributed by atoms with Gasteiger partial charge in [0, 0.05) is 22.4 Å². The molecule has 0 aliphatic carbocycles. The van der Waals surface area contributed by atoms with E-state index in [9.17, 15) is 0 Å². The summed E-state index contributed by atoms with van der Waals surface area (Å²) in [5.74, 6) is 2.19. The summed E-state index contributed by atoms with van der Waals surface area (Å²) in [7, 11) is 4.88. The third kappa shape index (κ3) is 4.22. The van der Waals surface area contributed by atoms with Crippen molar-refractivity contribution in [3.63, 3.8) is 0 Å². The van der Waals surface area contributed by atoms with Gasteiger partial charge in [0.1, 0.15) is 17.2 Å². The lowest BCUT2D eigenvalue weighted by atomic mass is 10.0. The van der Waals surface area contributed by atoms with E-state index in [0.29, 0.717) is 21.5 Å². The van der Waals surface area contributed by atoms with Gasteiger partial charge in [0.15, 0.2) is 0 Å². The van der Waals surface area contributed by atoms with Crippen LogP contribution in [0.5, 0.6) is 17.2 Å². The van der Waals surface area contributed by atoms with E-state index in [-0.39, 0.29) is 0 Å². The van der Waals surface area contributed by atoms with Crippen molar-refractivity contribution in [3.8, 4) is 50.9 Å². The molecule has 0 spiro atoms. The van der Waals surface area contributed by atoms with Gasteiger partial charge < -0.3 is 19.2 Å². The molecule has 0 aliphatic heterocycles. The molecule has 158 valence electrons. The summed E-state index contributed by atoms with van der Waals surface area (Å²) in [6.07, 6.45) is 0. The molecule has 0 bridgehead atoms. The van der Waals surface area contributed by atoms with E-state index < -0.39 is 0 Å². The standard InChI is InChI=1S/C25H21Cl2NO3/c1-29-16-6-4-15(5-7-16)21-14-24(19-10-8-17(30-2)12-22(19)26)28-25(21)20-11-9-18(31-3)13-23(20)27/h4-14,28H,1-3H3. The van der Waals surface area contributed by atoms with Crippen molar-refractivity contribution in [1.82, 2.24) is 4.98 Å². The molecule has 4 nitrogen and oxygen atoms in total. The Morgan fingerprint density at radius 1 is 0.581 bits per heavy atom. The minimum Gasteiger partial charge on any atom is -0.497 e. The van der Waals surface area contributed by atoms with Gasteiger partial charge >= 0.3 is 0 Å². The van der Waals surface area contributed by atoms with Crippen LogP contribution in [0.15, 0.2) is 66.7 Å². The number of halogens is 2. The molecule has 0 saturated carbocycles. The summed E-state index contributed by atoms with van der Waals surface area (Å²) in [4.78, 5) is 3.52. The maximum absolute atomic E-state index is 6.61. The van der Waals surface area contributed by atoms with Gasteiger partial charge in [0.2, 0.25) is 0 Å². The largest absolute Gasteiger partial charge is 0.497 e. The number of benzene rings is 3. The molecule has 0 saturated heterocycles. The lowest BCUT2D eigenvalue weighted by molar-refractivity contribution is 0.414. The maximum Gasteiger partial charge on any atom is 0.120 e. The predicted molar refractivity (Wildman–Crippen MR) is 127 cm³/mol. The van der Waals surface area contributed by atoms with Crippen LogP contribution in [0.4, 0.5) is 0 Å². The van der Waals surface area contributed by atoms with Gasteiger partial charge in [0.05, 0.1) is 37.1 Å². The molecule has 0 radical (unpaired) electrons. The smallest absolute Gasteiger partial charge is 0.120 e. The number of aromatic nitrogens is 1. The second-order valence-corrected chi connectivity index (χ2v) is 7.71. The Hall–Kier alpha value is -3.08. The molecule has 1 aromatic heterocycles. The number of hydrogen-bond acceptors (Lipinski definition) is 3. The summed E-state index contributed by atoms with van der Waals surface area (Å²) in [6.45, 7) is 0. The molecule has 3 aromatic carbocycles. The molecule has 0 atom stereocenters. The van der Waals surface area contributed by atoms with Crippen molar-refractivity contribution < 1.29 is 14.2 Å². The quantitative estimate of drug-likeness (QED) is 0.331. The topological polar surface area (TPSA) is 43.5 Å². The van der Waals surface area contributed by atoms with E-state index in [1.807, 2.05) is 48.5 Å². The van der Waals surface area contributed by atoms with E-state index in [2.05, 4.69) is 11.1 Å². The van der Waals surface area contributed by atoms with Crippen molar-refractivity contribution >= 4 is 23.2 Å². The van der Waals surface area contributed by atoms with Crippen LogP contribution in [0, 0.1) is 0 Å². The molecule has 4 aromatic rings. The second kappa shape index (κ2) is 8.96. The van der Waals surface area contributed by atoms with Gasteiger partial charge in [0.25, 0.3) is 0 Å². The van der Waals surface area contributed by atoms with Gasteiger partial charge in [-0.05, 0) is 60.2 Å². The van der Waals surface area contributed by atoms with Gasteiger partial charge in [-0.1, -0.05) is 35.3 Å². The zero-order valence-corrected chi connectivity index (χ0v) is 18.8. The number of hydrogen-bond donors (Lipinski definition) is 1. The zero-order chi connectivity index (χ0) is 22.0. The minimum atomic E-state index is 0.586. The van der Waals surface area contributed by atoms with Crippen LogP contribution in [0.25, 0.3) is 33.6 Å². The van der Waals surface area contributed by atoms with E-state index in [1.54, 1.807) is 33.5 Å². The molecule has 0 unspecified atom stereocenters. The third-order valence-electron chi connectivity index (χ3n) is 5.13. The normalized spacial score (nSPS) is 10.7. The molecule has 1 heterocycles. The molecule has 0 aliphatic rings. The van der Waals surface area contributed by atoms with Crippen LogP contribution < -0.4 is 14.2 Å². The number of ether oxygens (including phenoxy) is 3. The number of methoxy groups -OCH3 is 3. The fraction of sp³-hybridized carbons (Fsp3) is 0.120. The molecule has 1 N–H and O–H groups in total. The van der Waals surface area contributed by atoms with E-state index in [1.165, 1.54) is 0 Å². The van der Waals surface area contributed by atoms with Gasteiger partial charge in [-0.2, -0.15) is 0 Å². The highest BCUT2D eigenvalue weighted by molar-refractivity contribution is 6.34. The third-order valence-corrected chi connectivity index (χ3v) is 5.76. The van der Waals surface area contributed by atoms with Crippen LogP contribution in [-0.4, -0.2) is 26.3 Å². The highest BCUT2D eigenvalue weighted by Gasteiger charge is 2.18.